The molecule has 0 spiro atoms. The van der Waals surface area contributed by atoms with E-state index in [-0.39, 0.29) is 29.4 Å². The molecule has 1 amide bonds. The number of aliphatic hydroxyl groups excluding tert-OH is 1. The molecule has 1 aliphatic heterocycles. The molecule has 0 radical (unpaired) electrons. The summed E-state index contributed by atoms with van der Waals surface area (Å²) in [6.45, 7) is 0.542. The maximum absolute atomic E-state index is 13.5. The number of ether oxygens (including phenoxy) is 1. The van der Waals surface area contributed by atoms with Gasteiger partial charge in [-0.3, -0.25) is 18.9 Å². The number of nitrogens with one attached hydrogen (secondary N) is 1. The second-order valence-corrected chi connectivity index (χ2v) is 10.5. The molecule has 0 aliphatic carbocycles. The molecule has 2 aromatic carbocycles. The first-order valence-electron chi connectivity index (χ1n) is 12.3. The number of carbonyl (C=O) groups is 1. The van der Waals surface area contributed by atoms with Gasteiger partial charge >= 0.3 is 0 Å². The number of benzene rings is 2. The molecule has 0 bridgehead atoms. The van der Waals surface area contributed by atoms with Crippen molar-refractivity contribution in [3.63, 3.8) is 0 Å². The molecule has 2 N–H and O–H groups in total. The van der Waals surface area contributed by atoms with E-state index < -0.39 is 6.10 Å². The van der Waals surface area contributed by atoms with Gasteiger partial charge in [-0.2, -0.15) is 0 Å². The van der Waals surface area contributed by atoms with Gasteiger partial charge in [0.25, 0.3) is 11.5 Å². The van der Waals surface area contributed by atoms with Crippen molar-refractivity contribution in [2.24, 2.45) is 0 Å². The summed E-state index contributed by atoms with van der Waals surface area (Å²) in [5.74, 6) is 0.791. The standard InChI is InChI=1S/C29H26N4O4S2/c1-37-21-12-10-19(11-13-21)14-16-33-28(36)24(39-29(33)38)17-22-26(30-18-23(34)20-7-3-2-4-8-20)31-25-9-5-6-15-32(25)27(22)35/h2-13,15,17,23,30,34H,14,16,18H2,1H3/b24-17-. The Balaban J connectivity index is 1.41. The SMILES string of the molecule is COc1ccc(CCN2C(=O)/C(=C/c3c(NCC(O)c4ccccc4)nc4ccccn4c3=O)SC2=S)cc1. The van der Waals surface area contributed by atoms with Crippen LogP contribution in [0.5, 0.6) is 5.75 Å². The maximum atomic E-state index is 13.5. The van der Waals surface area contributed by atoms with Gasteiger partial charge in [0.1, 0.15) is 21.5 Å². The van der Waals surface area contributed by atoms with Gasteiger partial charge in [-0.15, -0.1) is 0 Å². The Hall–Kier alpha value is -3.99. The van der Waals surface area contributed by atoms with E-state index in [0.717, 1.165) is 28.6 Å². The summed E-state index contributed by atoms with van der Waals surface area (Å²) in [6, 6.07) is 22.1. The lowest BCUT2D eigenvalue weighted by atomic mass is 10.1. The highest BCUT2D eigenvalue weighted by atomic mass is 32.2. The number of pyridine rings is 1. The number of hydrogen-bond donors (Lipinski definition) is 2. The molecule has 1 aliphatic rings. The van der Waals surface area contributed by atoms with Gasteiger partial charge in [0.05, 0.1) is 23.7 Å². The second-order valence-electron chi connectivity index (χ2n) is 8.85. The number of aliphatic hydroxyl groups is 1. The van der Waals surface area contributed by atoms with Crippen molar-refractivity contribution in [3.05, 3.63) is 111 Å². The number of carbonyl (C=O) groups excluding carboxylic acids is 1. The average Bonchev–Trinajstić information content (AvgIpc) is 3.24. The summed E-state index contributed by atoms with van der Waals surface area (Å²) in [5, 5.41) is 13.8. The third-order valence-electron chi connectivity index (χ3n) is 6.35. The monoisotopic (exact) mass is 558 g/mol. The normalized spacial score (nSPS) is 15.2. The highest BCUT2D eigenvalue weighted by molar-refractivity contribution is 8.26. The van der Waals surface area contributed by atoms with E-state index in [0.29, 0.717) is 27.8 Å². The van der Waals surface area contributed by atoms with E-state index >= 15 is 0 Å². The summed E-state index contributed by atoms with van der Waals surface area (Å²) in [7, 11) is 1.62. The van der Waals surface area contributed by atoms with Crippen LogP contribution in [0.15, 0.2) is 88.7 Å². The van der Waals surface area contributed by atoms with E-state index in [9.17, 15) is 14.7 Å². The van der Waals surface area contributed by atoms with Crippen LogP contribution < -0.4 is 15.6 Å². The van der Waals surface area contributed by atoms with E-state index in [4.69, 9.17) is 17.0 Å². The first kappa shape index (κ1) is 26.6. The molecular weight excluding hydrogens is 532 g/mol. The van der Waals surface area contributed by atoms with Crippen LogP contribution in [0.4, 0.5) is 5.82 Å². The van der Waals surface area contributed by atoms with Crippen LogP contribution in [0.2, 0.25) is 0 Å². The quantitative estimate of drug-likeness (QED) is 0.232. The number of nitrogens with zero attached hydrogens (tertiary/aromatic N) is 3. The lowest BCUT2D eigenvalue weighted by Crippen LogP contribution is -2.30. The fraction of sp³-hybridized carbons (Fsp3) is 0.172. The highest BCUT2D eigenvalue weighted by Gasteiger charge is 2.32. The largest absolute Gasteiger partial charge is 0.497 e. The number of hydrogen-bond acceptors (Lipinski definition) is 8. The topological polar surface area (TPSA) is 96.2 Å². The molecule has 1 fully saturated rings. The summed E-state index contributed by atoms with van der Waals surface area (Å²) in [6.07, 6.45) is 2.98. The van der Waals surface area contributed by atoms with Gasteiger partial charge in [0, 0.05) is 19.3 Å². The van der Waals surface area contributed by atoms with Crippen molar-refractivity contribution in [2.75, 3.05) is 25.5 Å². The third kappa shape index (κ3) is 5.88. The smallest absolute Gasteiger partial charge is 0.267 e. The molecule has 8 nitrogen and oxygen atoms in total. The number of methoxy groups -OCH3 is 1. The molecule has 3 heterocycles. The molecule has 39 heavy (non-hydrogen) atoms. The van der Waals surface area contributed by atoms with Crippen LogP contribution in [0.3, 0.4) is 0 Å². The number of rotatable bonds is 9. The van der Waals surface area contributed by atoms with Gasteiger partial charge in [0.15, 0.2) is 0 Å². The number of amides is 1. The van der Waals surface area contributed by atoms with Gasteiger partial charge in [-0.1, -0.05) is 72.5 Å². The van der Waals surface area contributed by atoms with E-state index in [1.54, 1.807) is 42.5 Å². The molecule has 0 saturated carbocycles. The average molecular weight is 559 g/mol. The molecule has 1 saturated heterocycles. The molecule has 1 unspecified atom stereocenters. The predicted octanol–water partition coefficient (Wildman–Crippen LogP) is 4.29. The Morgan fingerprint density at radius 2 is 1.82 bits per heavy atom. The fourth-order valence-corrected chi connectivity index (χ4v) is 5.50. The number of anilines is 1. The Kier molecular flexibility index (Phi) is 8.06. The Bertz CT molecular complexity index is 1600. The van der Waals surface area contributed by atoms with E-state index in [1.807, 2.05) is 54.6 Å². The molecule has 5 rings (SSSR count). The zero-order chi connectivity index (χ0) is 27.4. The first-order chi connectivity index (χ1) is 18.9. The van der Waals surface area contributed by atoms with E-state index in [1.165, 1.54) is 4.40 Å². The number of thiocarbonyl (C=S) groups is 1. The zero-order valence-corrected chi connectivity index (χ0v) is 22.7. The Morgan fingerprint density at radius 1 is 1.08 bits per heavy atom. The second kappa shape index (κ2) is 11.8. The van der Waals surface area contributed by atoms with Crippen LogP contribution in [-0.2, 0) is 11.2 Å². The van der Waals surface area contributed by atoms with Crippen LogP contribution in [0, 0.1) is 0 Å². The van der Waals surface area contributed by atoms with Gasteiger partial charge in [-0.25, -0.2) is 4.98 Å². The highest BCUT2D eigenvalue weighted by Crippen LogP contribution is 2.33. The predicted molar refractivity (Wildman–Crippen MR) is 158 cm³/mol. The van der Waals surface area contributed by atoms with Crippen molar-refractivity contribution in [2.45, 2.75) is 12.5 Å². The summed E-state index contributed by atoms with van der Waals surface area (Å²) in [4.78, 5) is 33.3. The Labute approximate surface area is 235 Å². The molecule has 2 aromatic heterocycles. The number of aromatic nitrogens is 2. The minimum atomic E-state index is -0.814. The van der Waals surface area contributed by atoms with Crippen molar-refractivity contribution < 1.29 is 14.6 Å². The van der Waals surface area contributed by atoms with Crippen molar-refractivity contribution in [1.82, 2.24) is 14.3 Å². The minimum absolute atomic E-state index is 0.128. The summed E-state index contributed by atoms with van der Waals surface area (Å²) >= 11 is 6.67. The summed E-state index contributed by atoms with van der Waals surface area (Å²) < 4.78 is 7.06. The number of fused-ring (bicyclic) bond motifs is 1. The molecule has 10 heteroatoms. The van der Waals surface area contributed by atoms with Crippen LogP contribution in [0.1, 0.15) is 22.8 Å². The minimum Gasteiger partial charge on any atom is -0.497 e. The van der Waals surface area contributed by atoms with Crippen molar-refractivity contribution in [1.29, 1.82) is 0 Å². The van der Waals surface area contributed by atoms with Gasteiger partial charge in [0.2, 0.25) is 0 Å². The fourth-order valence-electron chi connectivity index (χ4n) is 4.21. The van der Waals surface area contributed by atoms with E-state index in [2.05, 4.69) is 10.3 Å². The molecule has 4 aromatic rings. The molecule has 198 valence electrons. The van der Waals surface area contributed by atoms with Gasteiger partial charge < -0.3 is 15.2 Å². The third-order valence-corrected chi connectivity index (χ3v) is 7.73. The molecule has 1 atom stereocenters. The molecular formula is C29H26N4O4S2. The van der Waals surface area contributed by atoms with Crippen LogP contribution in [-0.4, -0.2) is 49.8 Å². The van der Waals surface area contributed by atoms with Crippen LogP contribution >= 0.6 is 24.0 Å². The van der Waals surface area contributed by atoms with Crippen molar-refractivity contribution >= 4 is 51.7 Å². The number of thioether (sulfide) groups is 1. The lowest BCUT2D eigenvalue weighted by molar-refractivity contribution is -0.122. The zero-order valence-electron chi connectivity index (χ0n) is 21.1. The maximum Gasteiger partial charge on any atom is 0.267 e. The van der Waals surface area contributed by atoms with Crippen molar-refractivity contribution in [3.8, 4) is 5.75 Å². The first-order valence-corrected chi connectivity index (χ1v) is 13.5. The summed E-state index contributed by atoms with van der Waals surface area (Å²) in [5.41, 5.74) is 2.12. The Morgan fingerprint density at radius 3 is 2.56 bits per heavy atom. The lowest BCUT2D eigenvalue weighted by Gasteiger charge is -2.15. The van der Waals surface area contributed by atoms with Gasteiger partial charge in [-0.05, 0) is 47.9 Å². The van der Waals surface area contributed by atoms with Crippen LogP contribution in [0.25, 0.3) is 11.7 Å².